The summed E-state index contributed by atoms with van der Waals surface area (Å²) in [5.74, 6) is -0.0208. The lowest BCUT2D eigenvalue weighted by molar-refractivity contribution is -0.123. The molecule has 4 rings (SSSR count). The third kappa shape index (κ3) is 4.41. The summed E-state index contributed by atoms with van der Waals surface area (Å²) >= 11 is 13.0. The first-order chi connectivity index (χ1) is 14.9. The maximum absolute atomic E-state index is 12.7. The average Bonchev–Trinajstić information content (AvgIpc) is 3.46. The molecule has 0 spiro atoms. The minimum absolute atomic E-state index is 0.0113. The van der Waals surface area contributed by atoms with Gasteiger partial charge in [-0.05, 0) is 54.2 Å². The predicted octanol–water partition coefficient (Wildman–Crippen LogP) is 5.87. The number of esters is 1. The molecule has 1 saturated heterocycles. The maximum Gasteiger partial charge on any atom is 0.373 e. The van der Waals surface area contributed by atoms with Crippen molar-refractivity contribution in [3.8, 4) is 11.3 Å². The summed E-state index contributed by atoms with van der Waals surface area (Å²) < 4.78 is 15.7. The van der Waals surface area contributed by atoms with E-state index in [-0.39, 0.29) is 23.0 Å². The fourth-order valence-electron chi connectivity index (χ4n) is 2.86. The highest BCUT2D eigenvalue weighted by Gasteiger charge is 2.36. The molecule has 0 atom stereocenters. The topological polar surface area (TPSA) is 90.0 Å². The summed E-state index contributed by atoms with van der Waals surface area (Å²) in [6.45, 7) is -0.111. The highest BCUT2D eigenvalue weighted by Crippen LogP contribution is 2.36. The lowest BCUT2D eigenvalue weighted by Gasteiger charge is -2.09. The maximum atomic E-state index is 12.7. The van der Waals surface area contributed by atoms with Gasteiger partial charge in [0.2, 0.25) is 5.76 Å². The Morgan fingerprint density at radius 3 is 2.71 bits per heavy atom. The Morgan fingerprint density at radius 2 is 1.94 bits per heavy atom. The van der Waals surface area contributed by atoms with Crippen LogP contribution >= 0.6 is 35.0 Å². The monoisotopic (exact) mass is 477 g/mol. The Bertz CT molecular complexity index is 1230. The van der Waals surface area contributed by atoms with E-state index in [1.165, 1.54) is 25.3 Å². The van der Waals surface area contributed by atoms with Crippen LogP contribution in [-0.4, -0.2) is 29.1 Å². The number of hydrogen-bond donors (Lipinski definition) is 0. The first-order valence-corrected chi connectivity index (χ1v) is 10.4. The van der Waals surface area contributed by atoms with Crippen LogP contribution in [0, 0.1) is 0 Å². The van der Waals surface area contributed by atoms with Crippen molar-refractivity contribution in [3.05, 3.63) is 74.7 Å². The summed E-state index contributed by atoms with van der Waals surface area (Å²) in [6, 6.07) is 11.3. The molecule has 0 N–H and O–H groups in total. The molecule has 1 aliphatic heterocycles. The van der Waals surface area contributed by atoms with Gasteiger partial charge in [0.05, 0.1) is 23.6 Å². The third-order valence-corrected chi connectivity index (χ3v) is 5.80. The number of ether oxygens (including phenoxy) is 1. The van der Waals surface area contributed by atoms with Crippen LogP contribution in [0.15, 0.2) is 56.2 Å². The Hall–Kier alpha value is -2.94. The van der Waals surface area contributed by atoms with E-state index in [1.54, 1.807) is 30.3 Å². The number of rotatable bonds is 5. The van der Waals surface area contributed by atoms with Gasteiger partial charge in [-0.25, -0.2) is 4.79 Å². The second-order valence-electron chi connectivity index (χ2n) is 6.35. The SMILES string of the molecule is COC(=O)c1ccc(CN2C(=O)S/C(=C/c3ccc(-c4cc(Cl)ccc4Cl)o3)C2=O)o1. The number of amides is 2. The van der Waals surface area contributed by atoms with Gasteiger partial charge in [0, 0.05) is 16.7 Å². The standard InChI is InChI=1S/C21H13Cl2NO6S/c1-28-20(26)17-7-4-13(30-17)10-24-19(25)18(31-21(24)27)9-12-3-6-16(29-12)14-8-11(22)2-5-15(14)23/h2-9H,10H2,1H3/b18-9+. The first-order valence-electron chi connectivity index (χ1n) is 8.83. The molecule has 0 radical (unpaired) electrons. The summed E-state index contributed by atoms with van der Waals surface area (Å²) in [6.07, 6.45) is 1.48. The van der Waals surface area contributed by atoms with Crippen LogP contribution in [0.5, 0.6) is 0 Å². The van der Waals surface area contributed by atoms with Gasteiger partial charge in [-0.3, -0.25) is 14.5 Å². The zero-order valence-electron chi connectivity index (χ0n) is 15.9. The number of imide groups is 1. The van der Waals surface area contributed by atoms with E-state index in [0.717, 1.165) is 16.7 Å². The molecule has 10 heteroatoms. The molecule has 1 aromatic carbocycles. The number of halogens is 2. The summed E-state index contributed by atoms with van der Waals surface area (Å²) in [5, 5.41) is 0.513. The Morgan fingerprint density at radius 1 is 1.13 bits per heavy atom. The van der Waals surface area contributed by atoms with Crippen LogP contribution in [0.1, 0.15) is 22.1 Å². The van der Waals surface area contributed by atoms with Crippen molar-refractivity contribution in [2.45, 2.75) is 6.54 Å². The third-order valence-electron chi connectivity index (χ3n) is 4.33. The van der Waals surface area contributed by atoms with Gasteiger partial charge in [0.1, 0.15) is 17.3 Å². The number of nitrogens with zero attached hydrogens (tertiary/aromatic N) is 1. The fourth-order valence-corrected chi connectivity index (χ4v) is 4.06. The number of hydrogen-bond acceptors (Lipinski definition) is 7. The number of carbonyl (C=O) groups excluding carboxylic acids is 3. The van der Waals surface area contributed by atoms with Crippen molar-refractivity contribution in [2.24, 2.45) is 0 Å². The molecule has 7 nitrogen and oxygen atoms in total. The van der Waals surface area contributed by atoms with E-state index in [1.807, 2.05) is 0 Å². The minimum atomic E-state index is -0.645. The van der Waals surface area contributed by atoms with Crippen LogP contribution in [0.4, 0.5) is 4.79 Å². The molecule has 31 heavy (non-hydrogen) atoms. The summed E-state index contributed by atoms with van der Waals surface area (Å²) in [7, 11) is 1.23. The number of carbonyl (C=O) groups is 3. The van der Waals surface area contributed by atoms with Crippen LogP contribution in [0.25, 0.3) is 17.4 Å². The lowest BCUT2D eigenvalue weighted by atomic mass is 10.2. The lowest BCUT2D eigenvalue weighted by Crippen LogP contribution is -2.27. The van der Waals surface area contributed by atoms with E-state index in [4.69, 9.17) is 32.0 Å². The van der Waals surface area contributed by atoms with E-state index < -0.39 is 17.1 Å². The van der Waals surface area contributed by atoms with Crippen molar-refractivity contribution >= 4 is 58.2 Å². The van der Waals surface area contributed by atoms with E-state index in [2.05, 4.69) is 4.74 Å². The van der Waals surface area contributed by atoms with Gasteiger partial charge in [-0.2, -0.15) is 0 Å². The highest BCUT2D eigenvalue weighted by molar-refractivity contribution is 8.18. The van der Waals surface area contributed by atoms with Crippen molar-refractivity contribution in [1.29, 1.82) is 0 Å². The minimum Gasteiger partial charge on any atom is -0.463 e. The van der Waals surface area contributed by atoms with Crippen molar-refractivity contribution in [2.75, 3.05) is 7.11 Å². The molecule has 0 saturated carbocycles. The molecular weight excluding hydrogens is 465 g/mol. The van der Waals surface area contributed by atoms with Gasteiger partial charge in [-0.15, -0.1) is 0 Å². The molecule has 2 amide bonds. The Labute approximate surface area is 190 Å². The largest absolute Gasteiger partial charge is 0.463 e. The average molecular weight is 478 g/mol. The van der Waals surface area contributed by atoms with Crippen molar-refractivity contribution in [1.82, 2.24) is 4.90 Å². The van der Waals surface area contributed by atoms with E-state index >= 15 is 0 Å². The van der Waals surface area contributed by atoms with E-state index in [0.29, 0.717) is 27.1 Å². The molecule has 1 fully saturated rings. The second kappa shape index (κ2) is 8.66. The quantitative estimate of drug-likeness (QED) is 0.335. The molecule has 0 bridgehead atoms. The Kier molecular flexibility index (Phi) is 5.95. The van der Waals surface area contributed by atoms with Crippen LogP contribution in [0.2, 0.25) is 10.0 Å². The predicted molar refractivity (Wildman–Crippen MR) is 116 cm³/mol. The molecule has 1 aliphatic rings. The molecule has 0 unspecified atom stereocenters. The molecule has 0 aliphatic carbocycles. The molecule has 158 valence electrons. The van der Waals surface area contributed by atoms with Crippen molar-refractivity contribution in [3.63, 3.8) is 0 Å². The molecule has 2 aromatic heterocycles. The summed E-state index contributed by atoms with van der Waals surface area (Å²) in [5.41, 5.74) is 0.612. The van der Waals surface area contributed by atoms with Gasteiger partial charge >= 0.3 is 5.97 Å². The van der Waals surface area contributed by atoms with Crippen LogP contribution < -0.4 is 0 Å². The smallest absolute Gasteiger partial charge is 0.373 e. The number of benzene rings is 1. The van der Waals surface area contributed by atoms with Gasteiger partial charge in [0.25, 0.3) is 11.1 Å². The normalized spacial score (nSPS) is 15.2. The fraction of sp³-hybridized carbons (Fsp3) is 0.0952. The zero-order valence-corrected chi connectivity index (χ0v) is 18.2. The van der Waals surface area contributed by atoms with E-state index in [9.17, 15) is 14.4 Å². The number of methoxy groups -OCH3 is 1. The second-order valence-corrected chi connectivity index (χ2v) is 8.19. The van der Waals surface area contributed by atoms with Gasteiger partial charge in [0.15, 0.2) is 0 Å². The molecule has 3 heterocycles. The number of furan rings is 2. The van der Waals surface area contributed by atoms with Gasteiger partial charge in [-0.1, -0.05) is 23.2 Å². The van der Waals surface area contributed by atoms with Crippen LogP contribution in [-0.2, 0) is 16.1 Å². The van der Waals surface area contributed by atoms with Crippen LogP contribution in [0.3, 0.4) is 0 Å². The highest BCUT2D eigenvalue weighted by atomic mass is 35.5. The molecular formula is C21H13Cl2NO6S. The zero-order chi connectivity index (χ0) is 22.1. The first kappa shape index (κ1) is 21.3. The number of thioether (sulfide) groups is 1. The van der Waals surface area contributed by atoms with Crippen molar-refractivity contribution < 1.29 is 28.0 Å². The Balaban J connectivity index is 1.52. The molecule has 3 aromatic rings. The summed E-state index contributed by atoms with van der Waals surface area (Å²) in [4.78, 5) is 37.7. The van der Waals surface area contributed by atoms with Gasteiger partial charge < -0.3 is 13.6 Å².